The Hall–Kier alpha value is -0.650. The first-order valence-corrected chi connectivity index (χ1v) is 6.67. The van der Waals surface area contributed by atoms with Gasteiger partial charge in [0.05, 0.1) is 0 Å². The third kappa shape index (κ3) is 3.18. The monoisotopic (exact) mass is 240 g/mol. The number of rotatable bonds is 5. The average molecular weight is 240 g/mol. The van der Waals surface area contributed by atoms with Gasteiger partial charge in [-0.1, -0.05) is 0 Å². The van der Waals surface area contributed by atoms with Crippen LogP contribution in [0.2, 0.25) is 0 Å². The van der Waals surface area contributed by atoms with Gasteiger partial charge in [-0.25, -0.2) is 0 Å². The summed E-state index contributed by atoms with van der Waals surface area (Å²) in [6.07, 6.45) is 4.26. The SMILES string of the molecule is NCC(CC(N)=O)N1CCC(N2CCCC2)C1. The van der Waals surface area contributed by atoms with Gasteiger partial charge in [0.25, 0.3) is 0 Å². The van der Waals surface area contributed by atoms with Crippen LogP contribution in [0.3, 0.4) is 0 Å². The molecule has 2 rings (SSSR count). The highest BCUT2D eigenvalue weighted by Gasteiger charge is 2.32. The zero-order valence-electron chi connectivity index (χ0n) is 10.5. The highest BCUT2D eigenvalue weighted by atomic mass is 16.1. The van der Waals surface area contributed by atoms with E-state index in [2.05, 4.69) is 9.80 Å². The molecule has 0 aliphatic carbocycles. The Kier molecular flexibility index (Phi) is 4.36. The fourth-order valence-corrected chi connectivity index (χ4v) is 3.10. The lowest BCUT2D eigenvalue weighted by Crippen LogP contribution is -2.44. The molecule has 0 spiro atoms. The van der Waals surface area contributed by atoms with Crippen molar-refractivity contribution in [1.29, 1.82) is 0 Å². The van der Waals surface area contributed by atoms with E-state index in [0.717, 1.165) is 13.1 Å². The van der Waals surface area contributed by atoms with Crippen molar-refractivity contribution in [1.82, 2.24) is 9.80 Å². The topological polar surface area (TPSA) is 75.6 Å². The van der Waals surface area contributed by atoms with Crippen LogP contribution >= 0.6 is 0 Å². The lowest BCUT2D eigenvalue weighted by Gasteiger charge is -2.28. The Morgan fingerprint density at radius 3 is 2.59 bits per heavy atom. The highest BCUT2D eigenvalue weighted by Crippen LogP contribution is 2.22. The average Bonchev–Trinajstić information content (AvgIpc) is 2.95. The molecule has 1 amide bonds. The van der Waals surface area contributed by atoms with Crippen LogP contribution in [0.15, 0.2) is 0 Å². The molecule has 2 fully saturated rings. The molecule has 2 aliphatic rings. The quantitative estimate of drug-likeness (QED) is 0.670. The number of primary amides is 1. The van der Waals surface area contributed by atoms with E-state index in [0.29, 0.717) is 19.0 Å². The van der Waals surface area contributed by atoms with Crippen LogP contribution in [0, 0.1) is 0 Å². The van der Waals surface area contributed by atoms with E-state index >= 15 is 0 Å². The standard InChI is InChI=1S/C12H24N4O/c13-8-11(7-12(14)17)16-6-3-10(9-16)15-4-1-2-5-15/h10-11H,1-9,13H2,(H2,14,17). The largest absolute Gasteiger partial charge is 0.370 e. The van der Waals surface area contributed by atoms with Gasteiger partial charge >= 0.3 is 0 Å². The van der Waals surface area contributed by atoms with Gasteiger partial charge in [0.2, 0.25) is 5.91 Å². The van der Waals surface area contributed by atoms with Gasteiger partial charge in [0.1, 0.15) is 0 Å². The summed E-state index contributed by atoms with van der Waals surface area (Å²) in [5, 5.41) is 0. The second-order valence-corrected chi connectivity index (χ2v) is 5.24. The Morgan fingerprint density at radius 1 is 1.29 bits per heavy atom. The molecular weight excluding hydrogens is 216 g/mol. The Labute approximate surface area is 103 Å². The van der Waals surface area contributed by atoms with Crippen LogP contribution in [0.5, 0.6) is 0 Å². The van der Waals surface area contributed by atoms with Crippen LogP contribution in [-0.2, 0) is 4.79 Å². The van der Waals surface area contributed by atoms with Gasteiger partial charge < -0.3 is 11.5 Å². The van der Waals surface area contributed by atoms with Gasteiger partial charge in [0, 0.05) is 38.1 Å². The molecule has 0 bridgehead atoms. The van der Waals surface area contributed by atoms with Crippen LogP contribution in [0.4, 0.5) is 0 Å². The maximum Gasteiger partial charge on any atom is 0.219 e. The van der Waals surface area contributed by atoms with Gasteiger partial charge in [-0.3, -0.25) is 14.6 Å². The van der Waals surface area contributed by atoms with Crippen molar-refractivity contribution in [2.24, 2.45) is 11.5 Å². The minimum absolute atomic E-state index is 0.139. The molecule has 0 aromatic heterocycles. The molecule has 0 aromatic rings. The number of nitrogens with two attached hydrogens (primary N) is 2. The molecule has 98 valence electrons. The van der Waals surface area contributed by atoms with Crippen molar-refractivity contribution in [3.63, 3.8) is 0 Å². The van der Waals surface area contributed by atoms with Crippen molar-refractivity contribution in [2.45, 2.75) is 37.8 Å². The summed E-state index contributed by atoms with van der Waals surface area (Å²) in [7, 11) is 0. The van der Waals surface area contributed by atoms with Crippen molar-refractivity contribution in [3.8, 4) is 0 Å². The molecule has 2 atom stereocenters. The van der Waals surface area contributed by atoms with Gasteiger partial charge in [-0.2, -0.15) is 0 Å². The molecule has 2 heterocycles. The number of hydrogen-bond acceptors (Lipinski definition) is 4. The van der Waals surface area contributed by atoms with E-state index in [-0.39, 0.29) is 11.9 Å². The Morgan fingerprint density at radius 2 is 2.00 bits per heavy atom. The molecule has 4 N–H and O–H groups in total. The summed E-state index contributed by atoms with van der Waals surface area (Å²) in [6.45, 7) is 5.10. The molecule has 0 radical (unpaired) electrons. The first kappa shape index (κ1) is 12.8. The predicted octanol–water partition coefficient (Wildman–Crippen LogP) is -0.641. The van der Waals surface area contributed by atoms with E-state index in [9.17, 15) is 4.79 Å². The van der Waals surface area contributed by atoms with Crippen LogP contribution in [0.1, 0.15) is 25.7 Å². The molecule has 2 aliphatic heterocycles. The zero-order chi connectivity index (χ0) is 12.3. The Bertz CT molecular complexity index is 265. The van der Waals surface area contributed by atoms with Crippen molar-refractivity contribution in [2.75, 3.05) is 32.7 Å². The number of nitrogens with zero attached hydrogens (tertiary/aromatic N) is 2. The fourth-order valence-electron chi connectivity index (χ4n) is 3.10. The maximum absolute atomic E-state index is 11.0. The van der Waals surface area contributed by atoms with E-state index in [4.69, 9.17) is 11.5 Å². The molecule has 5 heteroatoms. The third-order valence-electron chi connectivity index (χ3n) is 4.08. The summed E-state index contributed by atoms with van der Waals surface area (Å²) in [4.78, 5) is 15.9. The first-order chi connectivity index (χ1) is 8.20. The number of amides is 1. The van der Waals surface area contributed by atoms with Gasteiger partial charge in [-0.15, -0.1) is 0 Å². The summed E-state index contributed by atoms with van der Waals surface area (Å²) >= 11 is 0. The molecule has 2 unspecified atom stereocenters. The predicted molar refractivity (Wildman–Crippen MR) is 67.4 cm³/mol. The molecular formula is C12H24N4O. The molecule has 0 aromatic carbocycles. The van der Waals surface area contributed by atoms with E-state index < -0.39 is 0 Å². The number of carbonyl (C=O) groups is 1. The lowest BCUT2D eigenvalue weighted by molar-refractivity contribution is -0.119. The summed E-state index contributed by atoms with van der Waals surface area (Å²) in [6, 6.07) is 0.805. The van der Waals surface area contributed by atoms with Crippen molar-refractivity contribution < 1.29 is 4.79 Å². The minimum Gasteiger partial charge on any atom is -0.370 e. The van der Waals surface area contributed by atoms with E-state index in [1.165, 1.54) is 32.4 Å². The third-order valence-corrected chi connectivity index (χ3v) is 4.08. The van der Waals surface area contributed by atoms with E-state index in [1.54, 1.807) is 0 Å². The lowest BCUT2D eigenvalue weighted by atomic mass is 10.2. The normalized spacial score (nSPS) is 28.6. The van der Waals surface area contributed by atoms with Gasteiger partial charge in [-0.05, 0) is 32.4 Å². The number of likely N-dealkylation sites (tertiary alicyclic amines) is 2. The second kappa shape index (κ2) is 5.80. The smallest absolute Gasteiger partial charge is 0.219 e. The summed E-state index contributed by atoms with van der Waals surface area (Å²) in [5.41, 5.74) is 11.0. The van der Waals surface area contributed by atoms with Crippen LogP contribution in [-0.4, -0.2) is 60.5 Å². The molecule has 2 saturated heterocycles. The van der Waals surface area contributed by atoms with Crippen molar-refractivity contribution in [3.05, 3.63) is 0 Å². The maximum atomic E-state index is 11.0. The zero-order valence-corrected chi connectivity index (χ0v) is 10.5. The first-order valence-electron chi connectivity index (χ1n) is 6.67. The minimum atomic E-state index is -0.245. The summed E-state index contributed by atoms with van der Waals surface area (Å²) in [5.74, 6) is -0.245. The number of hydrogen-bond donors (Lipinski definition) is 2. The van der Waals surface area contributed by atoms with Gasteiger partial charge in [0.15, 0.2) is 0 Å². The summed E-state index contributed by atoms with van der Waals surface area (Å²) < 4.78 is 0. The second-order valence-electron chi connectivity index (χ2n) is 5.24. The molecule has 5 nitrogen and oxygen atoms in total. The van der Waals surface area contributed by atoms with Crippen molar-refractivity contribution >= 4 is 5.91 Å². The number of carbonyl (C=O) groups excluding carboxylic acids is 1. The fraction of sp³-hybridized carbons (Fsp3) is 0.917. The van der Waals surface area contributed by atoms with Crippen LogP contribution in [0.25, 0.3) is 0 Å². The van der Waals surface area contributed by atoms with Crippen LogP contribution < -0.4 is 11.5 Å². The highest BCUT2D eigenvalue weighted by molar-refractivity contribution is 5.74. The molecule has 17 heavy (non-hydrogen) atoms. The van der Waals surface area contributed by atoms with E-state index in [1.807, 2.05) is 0 Å². The Balaban J connectivity index is 1.84. The molecule has 0 saturated carbocycles.